The SMILES string of the molecule is CNc1nc(-c2cccnc2)nc2ccc(-c3ccc(C#N)cc3)cc12. The van der Waals surface area contributed by atoms with Crippen LogP contribution in [0, 0.1) is 11.3 Å². The van der Waals surface area contributed by atoms with Crippen molar-refractivity contribution in [1.29, 1.82) is 5.26 Å². The Hall–Kier alpha value is -3.78. The van der Waals surface area contributed by atoms with Crippen LogP contribution in [-0.4, -0.2) is 22.0 Å². The molecule has 26 heavy (non-hydrogen) atoms. The summed E-state index contributed by atoms with van der Waals surface area (Å²) < 4.78 is 0. The van der Waals surface area contributed by atoms with Gasteiger partial charge in [-0.05, 0) is 47.5 Å². The van der Waals surface area contributed by atoms with E-state index in [9.17, 15) is 0 Å². The van der Waals surface area contributed by atoms with E-state index in [1.54, 1.807) is 12.4 Å². The molecule has 4 rings (SSSR count). The molecule has 0 aliphatic rings. The predicted octanol–water partition coefficient (Wildman–Crippen LogP) is 4.27. The van der Waals surface area contributed by atoms with Crippen molar-refractivity contribution < 1.29 is 0 Å². The summed E-state index contributed by atoms with van der Waals surface area (Å²) in [6, 6.07) is 19.6. The average Bonchev–Trinajstić information content (AvgIpc) is 2.73. The van der Waals surface area contributed by atoms with E-state index < -0.39 is 0 Å². The standard InChI is InChI=1S/C21H15N5/c1-23-21-18-11-16(15-6-4-14(12-22)5-7-15)8-9-19(18)25-20(26-21)17-3-2-10-24-13-17/h2-11,13H,1H3,(H,23,25,26). The number of anilines is 1. The number of fused-ring (bicyclic) bond motifs is 1. The fourth-order valence-corrected chi connectivity index (χ4v) is 2.86. The molecule has 5 heteroatoms. The van der Waals surface area contributed by atoms with Crippen molar-refractivity contribution in [2.24, 2.45) is 0 Å². The van der Waals surface area contributed by atoms with E-state index in [4.69, 9.17) is 5.26 Å². The number of rotatable bonds is 3. The zero-order chi connectivity index (χ0) is 17.9. The van der Waals surface area contributed by atoms with E-state index in [0.29, 0.717) is 11.4 Å². The van der Waals surface area contributed by atoms with Crippen LogP contribution >= 0.6 is 0 Å². The second-order valence-electron chi connectivity index (χ2n) is 5.81. The average molecular weight is 337 g/mol. The van der Waals surface area contributed by atoms with Crippen LogP contribution in [0.1, 0.15) is 5.56 Å². The lowest BCUT2D eigenvalue weighted by atomic mass is 10.0. The van der Waals surface area contributed by atoms with E-state index >= 15 is 0 Å². The third kappa shape index (κ3) is 2.85. The van der Waals surface area contributed by atoms with Crippen molar-refractivity contribution in [1.82, 2.24) is 15.0 Å². The lowest BCUT2D eigenvalue weighted by Gasteiger charge is -2.10. The van der Waals surface area contributed by atoms with E-state index in [1.807, 2.05) is 55.6 Å². The number of pyridine rings is 1. The Morgan fingerprint density at radius 3 is 2.42 bits per heavy atom. The van der Waals surface area contributed by atoms with Crippen LogP contribution in [0.25, 0.3) is 33.4 Å². The van der Waals surface area contributed by atoms with Crippen molar-refractivity contribution in [2.45, 2.75) is 0 Å². The Bertz CT molecular complexity index is 1110. The van der Waals surface area contributed by atoms with Gasteiger partial charge in [-0.3, -0.25) is 4.98 Å². The molecule has 1 N–H and O–H groups in total. The van der Waals surface area contributed by atoms with Crippen molar-refractivity contribution in [3.05, 3.63) is 72.6 Å². The predicted molar refractivity (Wildman–Crippen MR) is 102 cm³/mol. The maximum Gasteiger partial charge on any atom is 0.163 e. The molecule has 124 valence electrons. The maximum atomic E-state index is 8.95. The summed E-state index contributed by atoms with van der Waals surface area (Å²) in [5.74, 6) is 1.41. The minimum atomic E-state index is 0.640. The molecule has 2 heterocycles. The molecule has 0 amide bonds. The van der Waals surface area contributed by atoms with Gasteiger partial charge in [0.25, 0.3) is 0 Å². The zero-order valence-electron chi connectivity index (χ0n) is 14.1. The van der Waals surface area contributed by atoms with Gasteiger partial charge >= 0.3 is 0 Å². The zero-order valence-corrected chi connectivity index (χ0v) is 14.1. The van der Waals surface area contributed by atoms with E-state index in [0.717, 1.165) is 33.4 Å². The molecule has 0 fully saturated rings. The van der Waals surface area contributed by atoms with Gasteiger partial charge in [0, 0.05) is 30.4 Å². The van der Waals surface area contributed by atoms with Gasteiger partial charge in [0.15, 0.2) is 5.82 Å². The molecule has 0 bridgehead atoms. The van der Waals surface area contributed by atoms with Crippen molar-refractivity contribution in [3.8, 4) is 28.6 Å². The summed E-state index contributed by atoms with van der Waals surface area (Å²) in [5, 5.41) is 13.1. The first-order valence-corrected chi connectivity index (χ1v) is 8.19. The van der Waals surface area contributed by atoms with E-state index in [2.05, 4.69) is 32.4 Å². The first-order chi connectivity index (χ1) is 12.8. The summed E-state index contributed by atoms with van der Waals surface area (Å²) in [6.45, 7) is 0. The lowest BCUT2D eigenvalue weighted by molar-refractivity contribution is 1.20. The van der Waals surface area contributed by atoms with E-state index in [-0.39, 0.29) is 0 Å². The number of hydrogen-bond donors (Lipinski definition) is 1. The summed E-state index contributed by atoms with van der Waals surface area (Å²) >= 11 is 0. The highest BCUT2D eigenvalue weighted by Gasteiger charge is 2.10. The van der Waals surface area contributed by atoms with Gasteiger partial charge in [-0.1, -0.05) is 18.2 Å². The fourth-order valence-electron chi connectivity index (χ4n) is 2.86. The van der Waals surface area contributed by atoms with Crippen LogP contribution in [0.4, 0.5) is 5.82 Å². The molecular weight excluding hydrogens is 322 g/mol. The first kappa shape index (κ1) is 15.7. The Kier molecular flexibility index (Phi) is 4.00. The van der Waals surface area contributed by atoms with Crippen LogP contribution in [-0.2, 0) is 0 Å². The Labute approximate surface area is 151 Å². The van der Waals surface area contributed by atoms with Crippen LogP contribution in [0.2, 0.25) is 0 Å². The summed E-state index contributed by atoms with van der Waals surface area (Å²) in [6.07, 6.45) is 3.49. The molecule has 0 aliphatic heterocycles. The number of nitriles is 1. The Morgan fingerprint density at radius 1 is 0.923 bits per heavy atom. The van der Waals surface area contributed by atoms with Gasteiger partial charge in [-0.2, -0.15) is 5.26 Å². The van der Waals surface area contributed by atoms with Crippen LogP contribution in [0.5, 0.6) is 0 Å². The molecule has 2 aromatic carbocycles. The van der Waals surface area contributed by atoms with Crippen LogP contribution in [0.3, 0.4) is 0 Å². The highest BCUT2D eigenvalue weighted by atomic mass is 15.0. The van der Waals surface area contributed by atoms with Crippen molar-refractivity contribution in [3.63, 3.8) is 0 Å². The number of aromatic nitrogens is 3. The molecule has 5 nitrogen and oxygen atoms in total. The summed E-state index contributed by atoms with van der Waals surface area (Å²) in [5.41, 5.74) is 4.48. The molecule has 0 saturated heterocycles. The number of benzene rings is 2. The lowest BCUT2D eigenvalue weighted by Crippen LogP contribution is -1.99. The van der Waals surface area contributed by atoms with Gasteiger partial charge in [-0.15, -0.1) is 0 Å². The first-order valence-electron chi connectivity index (χ1n) is 8.19. The minimum absolute atomic E-state index is 0.640. The summed E-state index contributed by atoms with van der Waals surface area (Å²) in [7, 11) is 1.85. The number of nitrogens with one attached hydrogen (secondary N) is 1. The maximum absolute atomic E-state index is 8.95. The molecule has 0 saturated carbocycles. The van der Waals surface area contributed by atoms with Gasteiger partial charge in [0.05, 0.1) is 17.1 Å². The molecule has 0 spiro atoms. The second kappa shape index (κ2) is 6.61. The highest BCUT2D eigenvalue weighted by Crippen LogP contribution is 2.29. The molecule has 4 aromatic rings. The topological polar surface area (TPSA) is 74.5 Å². The largest absolute Gasteiger partial charge is 0.373 e. The van der Waals surface area contributed by atoms with E-state index in [1.165, 1.54) is 0 Å². The Morgan fingerprint density at radius 2 is 1.73 bits per heavy atom. The van der Waals surface area contributed by atoms with Gasteiger partial charge in [-0.25, -0.2) is 9.97 Å². The number of hydrogen-bond acceptors (Lipinski definition) is 5. The third-order valence-corrected chi connectivity index (χ3v) is 4.20. The summed E-state index contributed by atoms with van der Waals surface area (Å²) in [4.78, 5) is 13.5. The fraction of sp³-hybridized carbons (Fsp3) is 0.0476. The smallest absolute Gasteiger partial charge is 0.163 e. The normalized spacial score (nSPS) is 10.5. The van der Waals surface area contributed by atoms with Crippen molar-refractivity contribution >= 4 is 16.7 Å². The third-order valence-electron chi connectivity index (χ3n) is 4.20. The van der Waals surface area contributed by atoms with Gasteiger partial charge in [0.1, 0.15) is 5.82 Å². The van der Waals surface area contributed by atoms with Gasteiger partial charge in [0.2, 0.25) is 0 Å². The molecule has 2 aromatic heterocycles. The minimum Gasteiger partial charge on any atom is -0.373 e. The number of nitrogens with zero attached hydrogens (tertiary/aromatic N) is 4. The molecule has 0 radical (unpaired) electrons. The monoisotopic (exact) mass is 337 g/mol. The molecule has 0 unspecified atom stereocenters. The molecule has 0 aliphatic carbocycles. The van der Waals surface area contributed by atoms with Gasteiger partial charge < -0.3 is 5.32 Å². The highest BCUT2D eigenvalue weighted by molar-refractivity contribution is 5.93. The quantitative estimate of drug-likeness (QED) is 0.604. The molecule has 0 atom stereocenters. The molecular formula is C21H15N5. The Balaban J connectivity index is 1.84. The second-order valence-corrected chi connectivity index (χ2v) is 5.81. The van der Waals surface area contributed by atoms with Crippen LogP contribution < -0.4 is 5.32 Å². The van der Waals surface area contributed by atoms with Crippen LogP contribution in [0.15, 0.2) is 67.0 Å². The van der Waals surface area contributed by atoms with Crippen molar-refractivity contribution in [2.75, 3.05) is 12.4 Å².